The highest BCUT2D eigenvalue weighted by Crippen LogP contribution is 2.27. The standard InChI is InChI=1S/C19H20ClNO/c1-13(2)21-11-15(18-9-4-14(3)10-19(18)21)12-22-17-7-5-16(20)6-8-17/h4-11,13H,12H2,1-3H3. The Labute approximate surface area is 136 Å². The van der Waals surface area contributed by atoms with Gasteiger partial charge >= 0.3 is 0 Å². The maximum absolute atomic E-state index is 5.91. The molecule has 0 radical (unpaired) electrons. The zero-order valence-corrected chi connectivity index (χ0v) is 13.9. The topological polar surface area (TPSA) is 14.2 Å². The summed E-state index contributed by atoms with van der Waals surface area (Å²) < 4.78 is 8.21. The van der Waals surface area contributed by atoms with Gasteiger partial charge in [-0.05, 0) is 56.7 Å². The van der Waals surface area contributed by atoms with Crippen LogP contribution in [0.4, 0.5) is 0 Å². The fraction of sp³-hybridized carbons (Fsp3) is 0.263. The van der Waals surface area contributed by atoms with Crippen LogP contribution in [0.1, 0.15) is 31.0 Å². The van der Waals surface area contributed by atoms with Crippen LogP contribution in [0.2, 0.25) is 5.02 Å². The van der Waals surface area contributed by atoms with Crippen LogP contribution in [0.3, 0.4) is 0 Å². The first-order valence-corrected chi connectivity index (χ1v) is 7.91. The van der Waals surface area contributed by atoms with Gasteiger partial charge in [0.2, 0.25) is 0 Å². The monoisotopic (exact) mass is 313 g/mol. The predicted molar refractivity (Wildman–Crippen MR) is 92.8 cm³/mol. The van der Waals surface area contributed by atoms with E-state index in [1.54, 1.807) is 0 Å². The molecule has 0 atom stereocenters. The summed E-state index contributed by atoms with van der Waals surface area (Å²) >= 11 is 5.90. The van der Waals surface area contributed by atoms with E-state index < -0.39 is 0 Å². The second kappa shape index (κ2) is 6.05. The Balaban J connectivity index is 1.91. The third kappa shape index (κ3) is 2.97. The van der Waals surface area contributed by atoms with E-state index in [2.05, 4.69) is 49.7 Å². The molecule has 0 bridgehead atoms. The van der Waals surface area contributed by atoms with Crippen molar-refractivity contribution in [2.75, 3.05) is 0 Å². The molecule has 0 saturated carbocycles. The number of benzene rings is 2. The van der Waals surface area contributed by atoms with Crippen LogP contribution in [0.5, 0.6) is 5.75 Å². The normalized spacial score (nSPS) is 11.3. The van der Waals surface area contributed by atoms with Gasteiger partial charge in [-0.25, -0.2) is 0 Å². The lowest BCUT2D eigenvalue weighted by Crippen LogP contribution is -1.98. The Hall–Kier alpha value is -1.93. The van der Waals surface area contributed by atoms with Gasteiger partial charge in [0.1, 0.15) is 12.4 Å². The van der Waals surface area contributed by atoms with E-state index in [1.165, 1.54) is 22.0 Å². The summed E-state index contributed by atoms with van der Waals surface area (Å²) in [5.41, 5.74) is 3.75. The van der Waals surface area contributed by atoms with Crippen LogP contribution < -0.4 is 4.74 Å². The highest BCUT2D eigenvalue weighted by molar-refractivity contribution is 6.30. The Bertz CT molecular complexity index is 787. The number of rotatable bonds is 4. The number of fused-ring (bicyclic) bond motifs is 1. The molecule has 0 aliphatic rings. The average Bonchev–Trinajstić information content (AvgIpc) is 2.85. The molecular formula is C19H20ClNO. The molecule has 3 rings (SSSR count). The molecule has 1 heterocycles. The van der Waals surface area contributed by atoms with Crippen molar-refractivity contribution in [1.29, 1.82) is 0 Å². The number of hydrogen-bond donors (Lipinski definition) is 0. The van der Waals surface area contributed by atoms with Gasteiger partial charge in [-0.1, -0.05) is 23.7 Å². The molecule has 3 aromatic rings. The average molecular weight is 314 g/mol. The van der Waals surface area contributed by atoms with Gasteiger partial charge in [0.15, 0.2) is 0 Å². The molecule has 0 spiro atoms. The van der Waals surface area contributed by atoms with Crippen LogP contribution in [0.25, 0.3) is 10.9 Å². The molecule has 2 aromatic carbocycles. The second-order valence-corrected chi connectivity index (χ2v) is 6.35. The van der Waals surface area contributed by atoms with Crippen molar-refractivity contribution in [3.63, 3.8) is 0 Å². The van der Waals surface area contributed by atoms with Gasteiger partial charge in [0, 0.05) is 33.7 Å². The first-order chi connectivity index (χ1) is 10.5. The van der Waals surface area contributed by atoms with Gasteiger partial charge in [-0.2, -0.15) is 0 Å². The van der Waals surface area contributed by atoms with E-state index in [0.29, 0.717) is 12.6 Å². The maximum Gasteiger partial charge on any atom is 0.119 e. The Kier molecular flexibility index (Phi) is 4.12. The molecule has 0 amide bonds. The van der Waals surface area contributed by atoms with E-state index in [9.17, 15) is 0 Å². The Morgan fingerprint density at radius 1 is 1.09 bits per heavy atom. The summed E-state index contributed by atoms with van der Waals surface area (Å²) in [6.45, 7) is 7.08. The van der Waals surface area contributed by atoms with Gasteiger partial charge < -0.3 is 9.30 Å². The molecule has 22 heavy (non-hydrogen) atoms. The molecule has 0 fully saturated rings. The molecule has 0 N–H and O–H groups in total. The van der Waals surface area contributed by atoms with Crippen LogP contribution in [-0.2, 0) is 6.61 Å². The Morgan fingerprint density at radius 3 is 2.50 bits per heavy atom. The second-order valence-electron chi connectivity index (χ2n) is 5.92. The van der Waals surface area contributed by atoms with Gasteiger partial charge in [0.25, 0.3) is 0 Å². The number of halogens is 1. The third-order valence-electron chi connectivity index (χ3n) is 3.84. The van der Waals surface area contributed by atoms with Crippen molar-refractivity contribution >= 4 is 22.5 Å². The smallest absolute Gasteiger partial charge is 0.119 e. The van der Waals surface area contributed by atoms with E-state index in [1.807, 2.05) is 24.3 Å². The SMILES string of the molecule is Cc1ccc2c(COc3ccc(Cl)cc3)cn(C(C)C)c2c1. The highest BCUT2D eigenvalue weighted by Gasteiger charge is 2.11. The molecule has 3 heteroatoms. The fourth-order valence-corrected chi connectivity index (χ4v) is 2.79. The summed E-state index contributed by atoms with van der Waals surface area (Å²) in [6.07, 6.45) is 2.20. The van der Waals surface area contributed by atoms with E-state index in [0.717, 1.165) is 10.8 Å². The van der Waals surface area contributed by atoms with E-state index in [-0.39, 0.29) is 0 Å². The minimum absolute atomic E-state index is 0.425. The molecule has 114 valence electrons. The minimum Gasteiger partial charge on any atom is -0.489 e. The number of nitrogens with zero attached hydrogens (tertiary/aromatic N) is 1. The van der Waals surface area contributed by atoms with Crippen molar-refractivity contribution in [2.24, 2.45) is 0 Å². The lowest BCUT2D eigenvalue weighted by molar-refractivity contribution is 0.307. The summed E-state index contributed by atoms with van der Waals surface area (Å²) in [5, 5.41) is 1.98. The van der Waals surface area contributed by atoms with Gasteiger partial charge in [0.05, 0.1) is 0 Å². The predicted octanol–water partition coefficient (Wildman–Crippen LogP) is 5.76. The summed E-state index contributed by atoms with van der Waals surface area (Å²) in [5.74, 6) is 0.835. The highest BCUT2D eigenvalue weighted by atomic mass is 35.5. The molecule has 0 aliphatic carbocycles. The number of aryl methyl sites for hydroxylation is 1. The number of hydrogen-bond acceptors (Lipinski definition) is 1. The zero-order chi connectivity index (χ0) is 15.7. The van der Waals surface area contributed by atoms with Crippen LogP contribution in [-0.4, -0.2) is 4.57 Å². The lowest BCUT2D eigenvalue weighted by atomic mass is 10.1. The first kappa shape index (κ1) is 15.0. The largest absolute Gasteiger partial charge is 0.489 e. The van der Waals surface area contributed by atoms with Gasteiger partial charge in [-0.15, -0.1) is 0 Å². The van der Waals surface area contributed by atoms with Crippen molar-refractivity contribution < 1.29 is 4.74 Å². The quantitative estimate of drug-likeness (QED) is 0.597. The fourth-order valence-electron chi connectivity index (χ4n) is 2.67. The molecule has 0 aliphatic heterocycles. The number of ether oxygens (including phenoxy) is 1. The minimum atomic E-state index is 0.425. The van der Waals surface area contributed by atoms with Crippen molar-refractivity contribution in [2.45, 2.75) is 33.4 Å². The van der Waals surface area contributed by atoms with Crippen molar-refractivity contribution in [1.82, 2.24) is 4.57 Å². The molecule has 0 unspecified atom stereocenters. The lowest BCUT2D eigenvalue weighted by Gasteiger charge is -2.09. The Morgan fingerprint density at radius 2 is 1.82 bits per heavy atom. The van der Waals surface area contributed by atoms with Gasteiger partial charge in [-0.3, -0.25) is 0 Å². The molecule has 0 saturated heterocycles. The van der Waals surface area contributed by atoms with Crippen LogP contribution >= 0.6 is 11.6 Å². The van der Waals surface area contributed by atoms with Crippen LogP contribution in [0, 0.1) is 6.92 Å². The zero-order valence-electron chi connectivity index (χ0n) is 13.1. The first-order valence-electron chi connectivity index (χ1n) is 7.53. The third-order valence-corrected chi connectivity index (χ3v) is 4.09. The summed E-state index contributed by atoms with van der Waals surface area (Å²) in [6, 6.07) is 14.5. The van der Waals surface area contributed by atoms with E-state index in [4.69, 9.17) is 16.3 Å². The van der Waals surface area contributed by atoms with Crippen molar-refractivity contribution in [3.05, 3.63) is 64.8 Å². The van der Waals surface area contributed by atoms with E-state index >= 15 is 0 Å². The van der Waals surface area contributed by atoms with Crippen LogP contribution in [0.15, 0.2) is 48.7 Å². The van der Waals surface area contributed by atoms with Crippen molar-refractivity contribution in [3.8, 4) is 5.75 Å². The maximum atomic E-state index is 5.91. The summed E-state index contributed by atoms with van der Waals surface area (Å²) in [7, 11) is 0. The molecular weight excluding hydrogens is 294 g/mol. The number of aromatic nitrogens is 1. The molecule has 2 nitrogen and oxygen atoms in total. The summed E-state index contributed by atoms with van der Waals surface area (Å²) in [4.78, 5) is 0. The molecule has 1 aromatic heterocycles.